The highest BCUT2D eigenvalue weighted by molar-refractivity contribution is 7.99. The van der Waals surface area contributed by atoms with Crippen LogP contribution >= 0.6 is 23.5 Å². The van der Waals surface area contributed by atoms with Crippen molar-refractivity contribution in [3.63, 3.8) is 0 Å². The van der Waals surface area contributed by atoms with Crippen molar-refractivity contribution in [2.24, 2.45) is 0 Å². The van der Waals surface area contributed by atoms with E-state index in [1.54, 1.807) is 29.6 Å². The Kier molecular flexibility index (Phi) is 5.30. The first kappa shape index (κ1) is 14.0. The third-order valence-electron chi connectivity index (χ3n) is 2.33. The largest absolute Gasteiger partial charge is 0.384 e. The van der Waals surface area contributed by atoms with E-state index >= 15 is 0 Å². The number of rotatable bonds is 5. The highest BCUT2D eigenvalue weighted by Gasteiger charge is 2.01. The summed E-state index contributed by atoms with van der Waals surface area (Å²) in [4.78, 5) is 8.61. The molecule has 0 aliphatic rings. The number of nitrogens with zero attached hydrogens (tertiary/aromatic N) is 2. The van der Waals surface area contributed by atoms with E-state index < -0.39 is 0 Å². The lowest BCUT2D eigenvalue weighted by atomic mass is 10.2. The molecule has 2 aromatic rings. The Bertz CT molecular complexity index is 556. The average Bonchev–Trinajstić information content (AvgIpc) is 2.44. The normalized spacial score (nSPS) is 11.0. The van der Waals surface area contributed by atoms with Gasteiger partial charge in [0.1, 0.15) is 10.8 Å². The maximum absolute atomic E-state index is 5.73. The van der Waals surface area contributed by atoms with Crippen LogP contribution in [0.15, 0.2) is 52.7 Å². The molecule has 0 radical (unpaired) electrons. The molecule has 0 aliphatic carbocycles. The SMILES string of the molecule is CSc1cc(N)nc(SC/C=C/c2ccccc2)n1. The summed E-state index contributed by atoms with van der Waals surface area (Å²) in [6, 6.07) is 12.0. The van der Waals surface area contributed by atoms with Crippen LogP contribution in [0.25, 0.3) is 6.08 Å². The van der Waals surface area contributed by atoms with Gasteiger partial charge in [0.15, 0.2) is 5.16 Å². The van der Waals surface area contributed by atoms with E-state index in [0.717, 1.165) is 15.9 Å². The number of aromatic nitrogens is 2. The Morgan fingerprint density at radius 2 is 2.00 bits per heavy atom. The maximum Gasteiger partial charge on any atom is 0.190 e. The summed E-state index contributed by atoms with van der Waals surface area (Å²) in [5.74, 6) is 1.35. The number of nitrogen functional groups attached to an aromatic ring is 1. The minimum atomic E-state index is 0.522. The molecule has 0 aliphatic heterocycles. The van der Waals surface area contributed by atoms with Crippen LogP contribution in [0.2, 0.25) is 0 Å². The molecule has 2 N–H and O–H groups in total. The Balaban J connectivity index is 1.92. The number of anilines is 1. The quantitative estimate of drug-likeness (QED) is 0.518. The van der Waals surface area contributed by atoms with Crippen LogP contribution in [0, 0.1) is 0 Å². The van der Waals surface area contributed by atoms with Gasteiger partial charge < -0.3 is 5.73 Å². The van der Waals surface area contributed by atoms with Crippen molar-refractivity contribution < 1.29 is 0 Å². The van der Waals surface area contributed by atoms with Gasteiger partial charge in [-0.3, -0.25) is 0 Å². The fraction of sp³-hybridized carbons (Fsp3) is 0.143. The Hall–Kier alpha value is -1.46. The van der Waals surface area contributed by atoms with Gasteiger partial charge >= 0.3 is 0 Å². The van der Waals surface area contributed by atoms with E-state index in [2.05, 4.69) is 34.3 Å². The van der Waals surface area contributed by atoms with Gasteiger partial charge in [-0.15, -0.1) is 11.8 Å². The summed E-state index contributed by atoms with van der Waals surface area (Å²) >= 11 is 3.15. The molecule has 2 rings (SSSR count). The summed E-state index contributed by atoms with van der Waals surface area (Å²) in [6.07, 6.45) is 6.17. The Labute approximate surface area is 121 Å². The second-order valence-corrected chi connectivity index (χ2v) is 5.56. The van der Waals surface area contributed by atoms with Crippen molar-refractivity contribution in [2.75, 3.05) is 17.7 Å². The molecule has 0 saturated carbocycles. The first-order chi connectivity index (χ1) is 9.28. The molecule has 0 amide bonds. The molecule has 98 valence electrons. The molecule has 0 atom stereocenters. The van der Waals surface area contributed by atoms with Crippen LogP contribution in [-0.4, -0.2) is 22.0 Å². The van der Waals surface area contributed by atoms with E-state index in [-0.39, 0.29) is 0 Å². The van der Waals surface area contributed by atoms with Gasteiger partial charge in [0, 0.05) is 11.8 Å². The number of hydrogen-bond acceptors (Lipinski definition) is 5. The monoisotopic (exact) mass is 289 g/mol. The zero-order valence-corrected chi connectivity index (χ0v) is 12.2. The first-order valence-electron chi connectivity index (χ1n) is 5.81. The number of thioether (sulfide) groups is 2. The van der Waals surface area contributed by atoms with Gasteiger partial charge in [0.05, 0.1) is 0 Å². The number of nitrogens with two attached hydrogens (primary N) is 1. The molecular formula is C14H15N3S2. The molecule has 0 bridgehead atoms. The van der Waals surface area contributed by atoms with Gasteiger partial charge in [-0.1, -0.05) is 54.2 Å². The van der Waals surface area contributed by atoms with E-state index in [1.807, 2.05) is 24.5 Å². The van der Waals surface area contributed by atoms with Gasteiger partial charge in [-0.05, 0) is 11.8 Å². The predicted octanol–water partition coefficient (Wildman–Crippen LogP) is 3.59. The minimum absolute atomic E-state index is 0.522. The van der Waals surface area contributed by atoms with E-state index in [0.29, 0.717) is 5.82 Å². The molecule has 19 heavy (non-hydrogen) atoms. The van der Waals surface area contributed by atoms with Crippen molar-refractivity contribution >= 4 is 35.4 Å². The van der Waals surface area contributed by atoms with E-state index in [4.69, 9.17) is 5.73 Å². The van der Waals surface area contributed by atoms with Crippen molar-refractivity contribution in [3.8, 4) is 0 Å². The van der Waals surface area contributed by atoms with Crippen LogP contribution in [0.4, 0.5) is 5.82 Å². The fourth-order valence-corrected chi connectivity index (χ4v) is 2.61. The summed E-state index contributed by atoms with van der Waals surface area (Å²) in [5, 5.41) is 1.63. The molecule has 0 unspecified atom stereocenters. The lowest BCUT2D eigenvalue weighted by Crippen LogP contribution is -1.96. The topological polar surface area (TPSA) is 51.8 Å². The predicted molar refractivity (Wildman–Crippen MR) is 84.4 cm³/mol. The highest BCUT2D eigenvalue weighted by Crippen LogP contribution is 2.20. The smallest absolute Gasteiger partial charge is 0.190 e. The van der Waals surface area contributed by atoms with Crippen molar-refractivity contribution in [1.82, 2.24) is 9.97 Å². The van der Waals surface area contributed by atoms with Gasteiger partial charge in [0.25, 0.3) is 0 Å². The molecule has 0 saturated heterocycles. The average molecular weight is 289 g/mol. The van der Waals surface area contributed by atoms with Crippen molar-refractivity contribution in [1.29, 1.82) is 0 Å². The maximum atomic E-state index is 5.73. The van der Waals surface area contributed by atoms with Gasteiger partial charge in [-0.25, -0.2) is 9.97 Å². The summed E-state index contributed by atoms with van der Waals surface area (Å²) in [6.45, 7) is 0. The molecule has 3 nitrogen and oxygen atoms in total. The second-order valence-electron chi connectivity index (χ2n) is 3.74. The minimum Gasteiger partial charge on any atom is -0.384 e. The van der Waals surface area contributed by atoms with Crippen LogP contribution in [0.5, 0.6) is 0 Å². The lowest BCUT2D eigenvalue weighted by molar-refractivity contribution is 0.902. The number of benzene rings is 1. The van der Waals surface area contributed by atoms with Crippen molar-refractivity contribution in [2.45, 2.75) is 10.2 Å². The van der Waals surface area contributed by atoms with Gasteiger partial charge in [-0.2, -0.15) is 0 Å². The van der Waals surface area contributed by atoms with Crippen LogP contribution in [-0.2, 0) is 0 Å². The third-order valence-corrected chi connectivity index (χ3v) is 3.76. The molecule has 1 heterocycles. The molecular weight excluding hydrogens is 274 g/mol. The standard InChI is InChI=1S/C14H15N3S2/c1-18-13-10-12(15)16-14(17-13)19-9-5-8-11-6-3-2-4-7-11/h2-8,10H,9H2,1H3,(H2,15,16,17)/b8-5+. The Morgan fingerprint density at radius 3 is 2.74 bits per heavy atom. The molecule has 5 heteroatoms. The summed E-state index contributed by atoms with van der Waals surface area (Å²) in [7, 11) is 0. The zero-order valence-electron chi connectivity index (χ0n) is 10.6. The van der Waals surface area contributed by atoms with Gasteiger partial charge in [0.2, 0.25) is 0 Å². The third kappa shape index (κ3) is 4.61. The van der Waals surface area contributed by atoms with E-state index in [1.165, 1.54) is 5.56 Å². The second kappa shape index (κ2) is 7.21. The molecule has 1 aromatic carbocycles. The van der Waals surface area contributed by atoms with Crippen LogP contribution in [0.1, 0.15) is 5.56 Å². The van der Waals surface area contributed by atoms with Crippen LogP contribution in [0.3, 0.4) is 0 Å². The fourth-order valence-electron chi connectivity index (χ4n) is 1.46. The number of hydrogen-bond donors (Lipinski definition) is 1. The lowest BCUT2D eigenvalue weighted by Gasteiger charge is -2.01. The highest BCUT2D eigenvalue weighted by atomic mass is 32.2. The molecule has 0 fully saturated rings. The molecule has 1 aromatic heterocycles. The summed E-state index contributed by atoms with van der Waals surface area (Å²) in [5.41, 5.74) is 6.93. The molecule has 0 spiro atoms. The van der Waals surface area contributed by atoms with Crippen molar-refractivity contribution in [3.05, 3.63) is 48.0 Å². The Morgan fingerprint density at radius 1 is 1.21 bits per heavy atom. The first-order valence-corrected chi connectivity index (χ1v) is 8.02. The summed E-state index contributed by atoms with van der Waals surface area (Å²) < 4.78 is 0. The van der Waals surface area contributed by atoms with Crippen LogP contribution < -0.4 is 5.73 Å². The van der Waals surface area contributed by atoms with E-state index in [9.17, 15) is 0 Å². The zero-order chi connectivity index (χ0) is 13.5.